The predicted molar refractivity (Wildman–Crippen MR) is 106 cm³/mol. The van der Waals surface area contributed by atoms with Gasteiger partial charge in [-0.2, -0.15) is 0 Å². The van der Waals surface area contributed by atoms with Gasteiger partial charge in [-0.3, -0.25) is 0 Å². The van der Waals surface area contributed by atoms with E-state index in [-0.39, 0.29) is 0 Å². The van der Waals surface area contributed by atoms with Gasteiger partial charge in [0.25, 0.3) is 0 Å². The molecule has 4 rings (SSSR count). The summed E-state index contributed by atoms with van der Waals surface area (Å²) in [6, 6.07) is 22.6. The van der Waals surface area contributed by atoms with Crippen molar-refractivity contribution in [1.29, 1.82) is 0 Å². The van der Waals surface area contributed by atoms with E-state index in [1.54, 1.807) is 7.11 Å². The zero-order valence-electron chi connectivity index (χ0n) is 15.2. The Bertz CT molecular complexity index is 1090. The minimum Gasteiger partial charge on any atom is -0.497 e. The van der Waals surface area contributed by atoms with Crippen molar-refractivity contribution in [3.05, 3.63) is 77.9 Å². The number of hydrogen-bond acceptors (Lipinski definition) is 3. The van der Waals surface area contributed by atoms with Crippen LogP contribution in [-0.4, -0.2) is 17.1 Å². The third-order valence-electron chi connectivity index (χ3n) is 4.61. The predicted octanol–water partition coefficient (Wildman–Crippen LogP) is 5.59. The van der Waals surface area contributed by atoms with Crippen molar-refractivity contribution < 1.29 is 4.74 Å². The molecule has 3 heteroatoms. The molecule has 26 heavy (non-hydrogen) atoms. The van der Waals surface area contributed by atoms with Crippen LogP contribution in [0.5, 0.6) is 5.75 Å². The van der Waals surface area contributed by atoms with Gasteiger partial charge >= 0.3 is 0 Å². The van der Waals surface area contributed by atoms with E-state index in [0.29, 0.717) is 0 Å². The molecule has 0 atom stereocenters. The van der Waals surface area contributed by atoms with Crippen LogP contribution in [-0.2, 0) is 0 Å². The first-order valence-electron chi connectivity index (χ1n) is 8.64. The molecule has 3 aromatic carbocycles. The van der Waals surface area contributed by atoms with Crippen LogP contribution in [0, 0.1) is 13.8 Å². The van der Waals surface area contributed by atoms with Gasteiger partial charge in [-0.25, -0.2) is 9.97 Å². The molecule has 0 fully saturated rings. The maximum absolute atomic E-state index is 5.41. The molecule has 0 unspecified atom stereocenters. The third kappa shape index (κ3) is 2.92. The lowest BCUT2D eigenvalue weighted by Gasteiger charge is -2.12. The Labute approximate surface area is 153 Å². The lowest BCUT2D eigenvalue weighted by atomic mass is 10.0. The van der Waals surface area contributed by atoms with Gasteiger partial charge < -0.3 is 4.74 Å². The van der Waals surface area contributed by atoms with Crippen molar-refractivity contribution >= 4 is 10.9 Å². The van der Waals surface area contributed by atoms with Gasteiger partial charge in [0, 0.05) is 16.5 Å². The molecule has 0 spiro atoms. The van der Waals surface area contributed by atoms with Crippen molar-refractivity contribution in [2.24, 2.45) is 0 Å². The summed E-state index contributed by atoms with van der Waals surface area (Å²) < 4.78 is 5.41. The highest BCUT2D eigenvalue weighted by Crippen LogP contribution is 2.32. The van der Waals surface area contributed by atoms with Gasteiger partial charge in [0.05, 0.1) is 18.3 Å². The second-order valence-corrected chi connectivity index (χ2v) is 6.46. The molecule has 0 aliphatic carbocycles. The normalized spacial score (nSPS) is 10.9. The molecule has 0 saturated carbocycles. The van der Waals surface area contributed by atoms with E-state index in [9.17, 15) is 0 Å². The van der Waals surface area contributed by atoms with Gasteiger partial charge in [0.1, 0.15) is 5.75 Å². The highest BCUT2D eigenvalue weighted by molar-refractivity contribution is 5.94. The number of nitrogens with zero attached hydrogens (tertiary/aromatic N) is 2. The van der Waals surface area contributed by atoms with Gasteiger partial charge in [-0.1, -0.05) is 54.1 Å². The van der Waals surface area contributed by atoms with E-state index in [2.05, 4.69) is 50.2 Å². The van der Waals surface area contributed by atoms with E-state index in [1.165, 1.54) is 5.56 Å². The Kier molecular flexibility index (Phi) is 4.13. The fourth-order valence-electron chi connectivity index (χ4n) is 3.11. The first kappa shape index (κ1) is 16.3. The van der Waals surface area contributed by atoms with Gasteiger partial charge in [-0.05, 0) is 37.6 Å². The maximum atomic E-state index is 5.41. The fourth-order valence-corrected chi connectivity index (χ4v) is 3.11. The Morgan fingerprint density at radius 1 is 0.808 bits per heavy atom. The highest BCUT2D eigenvalue weighted by Gasteiger charge is 2.13. The summed E-state index contributed by atoms with van der Waals surface area (Å²) in [6.07, 6.45) is 0. The average Bonchev–Trinajstić information content (AvgIpc) is 2.68. The summed E-state index contributed by atoms with van der Waals surface area (Å²) >= 11 is 0. The van der Waals surface area contributed by atoms with Crippen molar-refractivity contribution in [3.63, 3.8) is 0 Å². The van der Waals surface area contributed by atoms with Gasteiger partial charge in [-0.15, -0.1) is 0 Å². The average molecular weight is 340 g/mol. The number of aryl methyl sites for hydroxylation is 2. The number of benzene rings is 3. The van der Waals surface area contributed by atoms with E-state index in [4.69, 9.17) is 14.7 Å². The van der Waals surface area contributed by atoms with Crippen molar-refractivity contribution in [3.8, 4) is 28.4 Å². The Morgan fingerprint density at radius 2 is 1.58 bits per heavy atom. The molecule has 0 N–H and O–H groups in total. The number of hydrogen-bond donors (Lipinski definition) is 0. The standard InChI is InChI=1S/C23H20N2O/c1-15-8-10-17(11-9-15)22-20-14-18(26-3)12-13-21(20)24-23(25-22)19-7-5-4-6-16(19)2/h4-14H,1-3H3. The van der Waals surface area contributed by atoms with Crippen molar-refractivity contribution in [1.82, 2.24) is 9.97 Å². The molecular formula is C23H20N2O. The molecule has 3 nitrogen and oxygen atoms in total. The number of methoxy groups -OCH3 is 1. The second kappa shape index (κ2) is 6.60. The van der Waals surface area contributed by atoms with Crippen LogP contribution in [0.3, 0.4) is 0 Å². The van der Waals surface area contributed by atoms with Crippen LogP contribution in [0.15, 0.2) is 66.7 Å². The molecule has 4 aromatic rings. The summed E-state index contributed by atoms with van der Waals surface area (Å²) in [5.41, 5.74) is 6.35. The molecule has 0 radical (unpaired) electrons. The van der Waals surface area contributed by atoms with Crippen LogP contribution >= 0.6 is 0 Å². The van der Waals surface area contributed by atoms with Gasteiger partial charge in [0.15, 0.2) is 5.82 Å². The smallest absolute Gasteiger partial charge is 0.160 e. The topological polar surface area (TPSA) is 35.0 Å². The molecule has 0 amide bonds. The number of aromatic nitrogens is 2. The fraction of sp³-hybridized carbons (Fsp3) is 0.130. The van der Waals surface area contributed by atoms with E-state index < -0.39 is 0 Å². The van der Waals surface area contributed by atoms with E-state index in [0.717, 1.165) is 44.9 Å². The first-order chi connectivity index (χ1) is 12.7. The molecule has 0 saturated heterocycles. The quantitative estimate of drug-likeness (QED) is 0.488. The Hall–Kier alpha value is -3.20. The number of ether oxygens (including phenoxy) is 1. The summed E-state index contributed by atoms with van der Waals surface area (Å²) in [6.45, 7) is 4.17. The molecular weight excluding hydrogens is 320 g/mol. The zero-order chi connectivity index (χ0) is 18.1. The Morgan fingerprint density at radius 3 is 2.31 bits per heavy atom. The lowest BCUT2D eigenvalue weighted by molar-refractivity contribution is 0.415. The largest absolute Gasteiger partial charge is 0.497 e. The highest BCUT2D eigenvalue weighted by atomic mass is 16.5. The minimum absolute atomic E-state index is 0.747. The molecule has 0 bridgehead atoms. The summed E-state index contributed by atoms with van der Waals surface area (Å²) in [7, 11) is 1.68. The first-order valence-corrected chi connectivity index (χ1v) is 8.64. The van der Waals surface area contributed by atoms with Crippen LogP contribution in [0.1, 0.15) is 11.1 Å². The van der Waals surface area contributed by atoms with Crippen LogP contribution in [0.4, 0.5) is 0 Å². The summed E-state index contributed by atoms with van der Waals surface area (Å²) in [5.74, 6) is 1.55. The minimum atomic E-state index is 0.747. The van der Waals surface area contributed by atoms with Gasteiger partial charge in [0.2, 0.25) is 0 Å². The molecule has 0 aliphatic heterocycles. The van der Waals surface area contributed by atoms with E-state index >= 15 is 0 Å². The SMILES string of the molecule is COc1ccc2nc(-c3ccccc3C)nc(-c3ccc(C)cc3)c2c1. The second-order valence-electron chi connectivity index (χ2n) is 6.46. The zero-order valence-corrected chi connectivity index (χ0v) is 15.2. The van der Waals surface area contributed by atoms with Crippen LogP contribution in [0.25, 0.3) is 33.5 Å². The summed E-state index contributed by atoms with van der Waals surface area (Å²) in [4.78, 5) is 9.76. The monoisotopic (exact) mass is 340 g/mol. The van der Waals surface area contributed by atoms with E-state index in [1.807, 2.05) is 30.3 Å². The molecule has 0 aliphatic rings. The summed E-state index contributed by atoms with van der Waals surface area (Å²) in [5, 5.41) is 0.991. The van der Waals surface area contributed by atoms with Crippen molar-refractivity contribution in [2.45, 2.75) is 13.8 Å². The maximum Gasteiger partial charge on any atom is 0.160 e. The number of fused-ring (bicyclic) bond motifs is 1. The molecule has 128 valence electrons. The van der Waals surface area contributed by atoms with Crippen LogP contribution in [0.2, 0.25) is 0 Å². The third-order valence-corrected chi connectivity index (χ3v) is 4.61. The lowest BCUT2D eigenvalue weighted by Crippen LogP contribution is -1.97. The number of rotatable bonds is 3. The van der Waals surface area contributed by atoms with Crippen molar-refractivity contribution in [2.75, 3.05) is 7.11 Å². The molecule has 1 aromatic heterocycles. The molecule has 1 heterocycles. The van der Waals surface area contributed by atoms with Crippen LogP contribution < -0.4 is 4.74 Å². The Balaban J connectivity index is 2.02.